The van der Waals surface area contributed by atoms with Gasteiger partial charge in [-0.2, -0.15) is 0 Å². The molecule has 0 aliphatic carbocycles. The zero-order valence-corrected chi connectivity index (χ0v) is 16.7. The number of para-hydroxylation sites is 4. The molecule has 5 rings (SSSR count). The summed E-state index contributed by atoms with van der Waals surface area (Å²) in [6.45, 7) is 0.244. The van der Waals surface area contributed by atoms with Crippen LogP contribution in [0, 0.1) is 0 Å². The standard InChI is InChI=1S/C25H20N4O2/c26-20-9-3-4-10-21(20)28-25(30)19-8-2-6-12-24(19)31-16-29-22-11-5-1-7-17(22)18-13-14-27-15-23(18)29/h1-15H,16,26H2,(H,28,30). The van der Waals surface area contributed by atoms with E-state index in [0.29, 0.717) is 22.7 Å². The van der Waals surface area contributed by atoms with E-state index in [9.17, 15) is 4.79 Å². The van der Waals surface area contributed by atoms with E-state index in [2.05, 4.69) is 27.0 Å². The Morgan fingerprint density at radius 3 is 2.55 bits per heavy atom. The highest BCUT2D eigenvalue weighted by molar-refractivity contribution is 6.08. The number of pyridine rings is 1. The van der Waals surface area contributed by atoms with Crippen molar-refractivity contribution in [2.75, 3.05) is 11.1 Å². The van der Waals surface area contributed by atoms with Gasteiger partial charge in [0, 0.05) is 17.0 Å². The number of benzene rings is 3. The van der Waals surface area contributed by atoms with Crippen molar-refractivity contribution in [3.63, 3.8) is 0 Å². The van der Waals surface area contributed by atoms with Gasteiger partial charge >= 0.3 is 0 Å². The number of nitrogens with one attached hydrogen (secondary N) is 1. The van der Waals surface area contributed by atoms with Crippen LogP contribution < -0.4 is 15.8 Å². The summed E-state index contributed by atoms with van der Waals surface area (Å²) in [6, 6.07) is 24.5. The van der Waals surface area contributed by atoms with Gasteiger partial charge < -0.3 is 20.4 Å². The molecule has 1 amide bonds. The van der Waals surface area contributed by atoms with Crippen molar-refractivity contribution in [2.24, 2.45) is 0 Å². The zero-order valence-electron chi connectivity index (χ0n) is 16.7. The normalized spacial score (nSPS) is 11.0. The van der Waals surface area contributed by atoms with Crippen molar-refractivity contribution < 1.29 is 9.53 Å². The third-order valence-corrected chi connectivity index (χ3v) is 5.27. The van der Waals surface area contributed by atoms with E-state index in [-0.39, 0.29) is 12.6 Å². The van der Waals surface area contributed by atoms with E-state index in [1.165, 1.54) is 0 Å². The lowest BCUT2D eigenvalue weighted by atomic mass is 10.1. The molecule has 2 aromatic heterocycles. The first-order valence-electron chi connectivity index (χ1n) is 9.91. The van der Waals surface area contributed by atoms with Crippen LogP contribution >= 0.6 is 0 Å². The van der Waals surface area contributed by atoms with E-state index in [0.717, 1.165) is 21.8 Å². The van der Waals surface area contributed by atoms with Crippen LogP contribution in [-0.4, -0.2) is 15.5 Å². The molecule has 6 heteroatoms. The maximum absolute atomic E-state index is 12.9. The highest BCUT2D eigenvalue weighted by Crippen LogP contribution is 2.29. The highest BCUT2D eigenvalue weighted by atomic mass is 16.5. The predicted molar refractivity (Wildman–Crippen MR) is 123 cm³/mol. The number of ether oxygens (including phenoxy) is 1. The van der Waals surface area contributed by atoms with E-state index in [1.54, 1.807) is 36.5 Å². The lowest BCUT2D eigenvalue weighted by Gasteiger charge is -2.14. The molecule has 0 saturated heterocycles. The first kappa shape index (κ1) is 18.7. The summed E-state index contributed by atoms with van der Waals surface area (Å²) in [5.41, 5.74) is 9.49. The smallest absolute Gasteiger partial charge is 0.259 e. The van der Waals surface area contributed by atoms with Crippen molar-refractivity contribution >= 4 is 39.1 Å². The number of hydrogen-bond donors (Lipinski definition) is 2. The fourth-order valence-electron chi connectivity index (χ4n) is 3.75. The summed E-state index contributed by atoms with van der Waals surface area (Å²) >= 11 is 0. The summed E-state index contributed by atoms with van der Waals surface area (Å²) in [6.07, 6.45) is 3.62. The lowest BCUT2D eigenvalue weighted by Crippen LogP contribution is -2.15. The average molecular weight is 408 g/mol. The Kier molecular flexibility index (Phi) is 4.72. The molecule has 0 fully saturated rings. The molecule has 5 aromatic rings. The first-order valence-corrected chi connectivity index (χ1v) is 9.91. The molecule has 0 atom stereocenters. The Bertz CT molecular complexity index is 1350. The molecule has 0 aliphatic heterocycles. The van der Waals surface area contributed by atoms with Crippen molar-refractivity contribution in [1.29, 1.82) is 0 Å². The van der Waals surface area contributed by atoms with Crippen molar-refractivity contribution in [2.45, 2.75) is 6.73 Å². The van der Waals surface area contributed by atoms with Gasteiger partial charge in [0.05, 0.1) is 34.2 Å². The monoisotopic (exact) mass is 408 g/mol. The number of nitrogens with two attached hydrogens (primary N) is 1. The molecular formula is C25H20N4O2. The van der Waals surface area contributed by atoms with Crippen LogP contribution in [0.4, 0.5) is 11.4 Å². The molecule has 0 unspecified atom stereocenters. The van der Waals surface area contributed by atoms with Crippen molar-refractivity contribution in [3.05, 3.63) is 96.8 Å². The second-order valence-electron chi connectivity index (χ2n) is 7.15. The van der Waals surface area contributed by atoms with Crippen LogP contribution in [0.15, 0.2) is 91.3 Å². The molecule has 31 heavy (non-hydrogen) atoms. The molecule has 0 spiro atoms. The van der Waals surface area contributed by atoms with Gasteiger partial charge in [0.25, 0.3) is 5.91 Å². The number of aromatic nitrogens is 2. The molecule has 3 N–H and O–H groups in total. The van der Waals surface area contributed by atoms with Gasteiger partial charge in [-0.25, -0.2) is 0 Å². The van der Waals surface area contributed by atoms with Gasteiger partial charge in [0.1, 0.15) is 5.75 Å². The maximum Gasteiger partial charge on any atom is 0.259 e. The Morgan fingerprint density at radius 2 is 1.65 bits per heavy atom. The van der Waals surface area contributed by atoms with Crippen LogP contribution in [0.1, 0.15) is 10.4 Å². The fourth-order valence-corrected chi connectivity index (χ4v) is 3.75. The van der Waals surface area contributed by atoms with Crippen LogP contribution in [0.2, 0.25) is 0 Å². The second-order valence-corrected chi connectivity index (χ2v) is 7.15. The summed E-state index contributed by atoms with van der Waals surface area (Å²) < 4.78 is 8.19. The van der Waals surface area contributed by atoms with E-state index < -0.39 is 0 Å². The van der Waals surface area contributed by atoms with E-state index in [4.69, 9.17) is 10.5 Å². The summed E-state index contributed by atoms with van der Waals surface area (Å²) in [7, 11) is 0. The molecular weight excluding hydrogens is 388 g/mol. The quantitative estimate of drug-likeness (QED) is 0.398. The molecule has 0 aliphatic rings. The Hall–Kier alpha value is -4.32. The molecule has 0 bridgehead atoms. The van der Waals surface area contributed by atoms with Gasteiger partial charge in [-0.3, -0.25) is 9.78 Å². The van der Waals surface area contributed by atoms with Gasteiger partial charge in [0.15, 0.2) is 6.73 Å². The Labute approximate surface area is 178 Å². The number of hydrogen-bond acceptors (Lipinski definition) is 4. The van der Waals surface area contributed by atoms with Gasteiger partial charge in [-0.05, 0) is 36.4 Å². The molecule has 0 radical (unpaired) electrons. The average Bonchev–Trinajstić information content (AvgIpc) is 3.13. The third kappa shape index (κ3) is 3.44. The molecule has 152 valence electrons. The van der Waals surface area contributed by atoms with Crippen molar-refractivity contribution in [1.82, 2.24) is 9.55 Å². The van der Waals surface area contributed by atoms with Crippen LogP contribution in [0.3, 0.4) is 0 Å². The number of carbonyl (C=O) groups excluding carboxylic acids is 1. The van der Waals surface area contributed by atoms with E-state index in [1.807, 2.05) is 42.6 Å². The van der Waals surface area contributed by atoms with Gasteiger partial charge in [-0.1, -0.05) is 42.5 Å². The first-order chi connectivity index (χ1) is 15.2. The van der Waals surface area contributed by atoms with Crippen LogP contribution in [0.5, 0.6) is 5.75 Å². The number of amides is 1. The zero-order chi connectivity index (χ0) is 21.2. The number of nitrogen functional groups attached to an aromatic ring is 1. The Balaban J connectivity index is 1.46. The third-order valence-electron chi connectivity index (χ3n) is 5.27. The number of fused-ring (bicyclic) bond motifs is 3. The van der Waals surface area contributed by atoms with Crippen LogP contribution in [0.25, 0.3) is 21.8 Å². The fraction of sp³-hybridized carbons (Fsp3) is 0.0400. The predicted octanol–water partition coefficient (Wildman–Crippen LogP) is 5.06. The Morgan fingerprint density at radius 1 is 0.903 bits per heavy atom. The minimum Gasteiger partial charge on any atom is -0.472 e. The molecule has 6 nitrogen and oxygen atoms in total. The number of rotatable bonds is 5. The summed E-state index contributed by atoms with van der Waals surface area (Å²) in [4.78, 5) is 17.2. The van der Waals surface area contributed by atoms with Gasteiger partial charge in [0.2, 0.25) is 0 Å². The minimum absolute atomic E-state index is 0.244. The number of nitrogens with zero attached hydrogens (tertiary/aromatic N) is 2. The van der Waals surface area contributed by atoms with E-state index >= 15 is 0 Å². The maximum atomic E-state index is 12.9. The minimum atomic E-state index is -0.280. The molecule has 2 heterocycles. The second kappa shape index (κ2) is 7.84. The SMILES string of the molecule is Nc1ccccc1NC(=O)c1ccccc1OCn1c2ccccc2c2ccncc21. The van der Waals surface area contributed by atoms with Crippen LogP contribution in [-0.2, 0) is 6.73 Å². The molecule has 3 aromatic carbocycles. The topological polar surface area (TPSA) is 82.2 Å². The molecule has 0 saturated carbocycles. The summed E-state index contributed by atoms with van der Waals surface area (Å²) in [5, 5.41) is 5.10. The lowest BCUT2D eigenvalue weighted by molar-refractivity contribution is 0.102. The highest BCUT2D eigenvalue weighted by Gasteiger charge is 2.15. The largest absolute Gasteiger partial charge is 0.472 e. The number of carbonyl (C=O) groups is 1. The number of anilines is 2. The summed E-state index contributed by atoms with van der Waals surface area (Å²) in [5.74, 6) is 0.210. The van der Waals surface area contributed by atoms with Gasteiger partial charge in [-0.15, -0.1) is 0 Å². The van der Waals surface area contributed by atoms with Crippen molar-refractivity contribution in [3.8, 4) is 5.75 Å².